The highest BCUT2D eigenvalue weighted by Crippen LogP contribution is 2.15. The molecule has 0 atom stereocenters. The number of nitrogens with one attached hydrogen (secondary N) is 2. The van der Waals surface area contributed by atoms with Crippen molar-refractivity contribution >= 4 is 31.9 Å². The lowest BCUT2D eigenvalue weighted by Gasteiger charge is -2.09. The second-order valence-corrected chi connectivity index (χ2v) is 6.53. The molecule has 0 bridgehead atoms. The van der Waals surface area contributed by atoms with Crippen LogP contribution in [0.5, 0.6) is 0 Å². The van der Waals surface area contributed by atoms with Crippen LogP contribution in [0.4, 0.5) is 4.39 Å². The van der Waals surface area contributed by atoms with Gasteiger partial charge in [0.25, 0.3) is 15.9 Å². The van der Waals surface area contributed by atoms with E-state index in [0.717, 1.165) is 24.3 Å². The van der Waals surface area contributed by atoms with Crippen molar-refractivity contribution in [2.75, 3.05) is 0 Å². The largest absolute Gasteiger partial charge is 0.273 e. The number of carbonyl (C=O) groups excluding carboxylic acids is 1. The Hall–Kier alpha value is -1.77. The molecule has 0 aliphatic rings. The van der Waals surface area contributed by atoms with Crippen molar-refractivity contribution in [3.63, 3.8) is 0 Å². The van der Waals surface area contributed by atoms with Crippen molar-refractivity contribution in [3.05, 3.63) is 64.4 Å². The molecule has 0 aliphatic carbocycles. The predicted octanol–water partition coefficient (Wildman–Crippen LogP) is 2.21. The standard InChI is InChI=1S/C13H10BrFN2O3S/c14-12-4-2-1-3-11(12)13(18)16-17-21(19,20)10-7-5-9(15)6-8-10/h1-8,17H,(H,16,18). The summed E-state index contributed by atoms with van der Waals surface area (Å²) in [5.41, 5.74) is 2.37. The fraction of sp³-hybridized carbons (Fsp3) is 0. The average Bonchev–Trinajstić information content (AvgIpc) is 2.46. The molecule has 2 aromatic carbocycles. The highest BCUT2D eigenvalue weighted by atomic mass is 79.9. The summed E-state index contributed by atoms with van der Waals surface area (Å²) in [7, 11) is -3.96. The zero-order valence-corrected chi connectivity index (χ0v) is 12.9. The second-order valence-electron chi connectivity index (χ2n) is 3.99. The monoisotopic (exact) mass is 372 g/mol. The lowest BCUT2D eigenvalue weighted by Crippen LogP contribution is -2.41. The van der Waals surface area contributed by atoms with Crippen LogP contribution in [0.15, 0.2) is 57.9 Å². The third-order valence-electron chi connectivity index (χ3n) is 2.54. The molecule has 0 saturated carbocycles. The number of benzene rings is 2. The topological polar surface area (TPSA) is 75.3 Å². The summed E-state index contributed by atoms with van der Waals surface area (Å²) in [5.74, 6) is -1.17. The van der Waals surface area contributed by atoms with E-state index in [1.54, 1.807) is 18.2 Å². The zero-order chi connectivity index (χ0) is 15.5. The molecule has 21 heavy (non-hydrogen) atoms. The fourth-order valence-electron chi connectivity index (χ4n) is 1.50. The van der Waals surface area contributed by atoms with Gasteiger partial charge < -0.3 is 0 Å². The molecule has 2 N–H and O–H groups in total. The Morgan fingerprint density at radius 1 is 1.05 bits per heavy atom. The molecule has 0 radical (unpaired) electrons. The molecule has 2 rings (SSSR count). The number of sulfonamides is 1. The number of amides is 1. The van der Waals surface area contributed by atoms with Crippen LogP contribution in [0.2, 0.25) is 0 Å². The zero-order valence-electron chi connectivity index (χ0n) is 10.5. The number of rotatable bonds is 4. The average molecular weight is 373 g/mol. The second kappa shape index (κ2) is 6.33. The van der Waals surface area contributed by atoms with Crippen LogP contribution in [0.1, 0.15) is 10.4 Å². The van der Waals surface area contributed by atoms with Crippen molar-refractivity contribution in [1.29, 1.82) is 0 Å². The first-order valence-corrected chi connectivity index (χ1v) is 8.00. The number of hydrogen-bond acceptors (Lipinski definition) is 3. The molecule has 0 aromatic heterocycles. The molecule has 0 aliphatic heterocycles. The summed E-state index contributed by atoms with van der Waals surface area (Å²) in [6.07, 6.45) is 0. The van der Waals surface area contributed by atoms with Gasteiger partial charge in [0.15, 0.2) is 0 Å². The van der Waals surface area contributed by atoms with E-state index in [0.29, 0.717) is 4.47 Å². The van der Waals surface area contributed by atoms with Gasteiger partial charge in [-0.3, -0.25) is 10.2 Å². The summed E-state index contributed by atoms with van der Waals surface area (Å²) in [4.78, 5) is 13.7. The van der Waals surface area contributed by atoms with Crippen LogP contribution in [0.25, 0.3) is 0 Å². The maximum atomic E-state index is 12.8. The van der Waals surface area contributed by atoms with Crippen molar-refractivity contribution in [1.82, 2.24) is 10.3 Å². The van der Waals surface area contributed by atoms with Gasteiger partial charge in [0, 0.05) is 4.47 Å². The first-order valence-electron chi connectivity index (χ1n) is 5.72. The first kappa shape index (κ1) is 15.6. The first-order chi connectivity index (χ1) is 9.90. The summed E-state index contributed by atoms with van der Waals surface area (Å²) >= 11 is 3.19. The number of halogens is 2. The molecule has 5 nitrogen and oxygen atoms in total. The van der Waals surface area contributed by atoms with Crippen LogP contribution < -0.4 is 10.3 Å². The normalized spacial score (nSPS) is 11.1. The van der Waals surface area contributed by atoms with E-state index in [9.17, 15) is 17.6 Å². The molecule has 110 valence electrons. The Morgan fingerprint density at radius 3 is 2.29 bits per heavy atom. The molecular weight excluding hydrogens is 363 g/mol. The van der Waals surface area contributed by atoms with Crippen LogP contribution in [-0.4, -0.2) is 14.3 Å². The quantitative estimate of drug-likeness (QED) is 0.807. The van der Waals surface area contributed by atoms with Crippen molar-refractivity contribution in [2.24, 2.45) is 0 Å². The summed E-state index contributed by atoms with van der Waals surface area (Å²) in [6, 6.07) is 10.8. The van der Waals surface area contributed by atoms with Gasteiger partial charge >= 0.3 is 0 Å². The van der Waals surface area contributed by atoms with Gasteiger partial charge in [0.1, 0.15) is 5.82 Å². The van der Waals surface area contributed by atoms with Crippen LogP contribution in [0.3, 0.4) is 0 Å². The Kier molecular flexibility index (Phi) is 4.71. The maximum Gasteiger partial charge on any atom is 0.267 e. The van der Waals surface area contributed by atoms with E-state index in [1.807, 2.05) is 4.83 Å². The molecule has 0 unspecified atom stereocenters. The summed E-state index contributed by atoms with van der Waals surface area (Å²) in [5, 5.41) is 0. The third kappa shape index (κ3) is 3.87. The van der Waals surface area contributed by atoms with Gasteiger partial charge in [-0.25, -0.2) is 12.8 Å². The van der Waals surface area contributed by atoms with E-state index >= 15 is 0 Å². The Balaban J connectivity index is 2.10. The number of hydrazine groups is 1. The van der Waals surface area contributed by atoms with Gasteiger partial charge in [0.2, 0.25) is 0 Å². The fourth-order valence-corrected chi connectivity index (χ4v) is 2.80. The van der Waals surface area contributed by atoms with E-state index in [1.165, 1.54) is 6.07 Å². The van der Waals surface area contributed by atoms with E-state index in [2.05, 4.69) is 21.4 Å². The number of hydrogen-bond donors (Lipinski definition) is 2. The minimum Gasteiger partial charge on any atom is -0.273 e. The molecule has 2 aromatic rings. The summed E-state index contributed by atoms with van der Waals surface area (Å²) in [6.45, 7) is 0. The van der Waals surface area contributed by atoms with Crippen molar-refractivity contribution < 1.29 is 17.6 Å². The minimum atomic E-state index is -3.96. The van der Waals surface area contributed by atoms with Crippen LogP contribution in [-0.2, 0) is 10.0 Å². The molecule has 0 spiro atoms. The number of carbonyl (C=O) groups is 1. The predicted molar refractivity (Wildman–Crippen MR) is 78.3 cm³/mol. The molecule has 1 amide bonds. The van der Waals surface area contributed by atoms with E-state index in [-0.39, 0.29) is 10.5 Å². The molecule has 0 fully saturated rings. The molecule has 8 heteroatoms. The Labute approximate surface area is 129 Å². The highest BCUT2D eigenvalue weighted by Gasteiger charge is 2.16. The van der Waals surface area contributed by atoms with Gasteiger partial charge in [-0.1, -0.05) is 12.1 Å². The van der Waals surface area contributed by atoms with Gasteiger partial charge in [-0.05, 0) is 52.3 Å². The maximum absolute atomic E-state index is 12.8. The Morgan fingerprint density at radius 2 is 1.67 bits per heavy atom. The van der Waals surface area contributed by atoms with Gasteiger partial charge in [-0.2, -0.15) is 0 Å². The SMILES string of the molecule is O=C(NNS(=O)(=O)c1ccc(F)cc1)c1ccccc1Br. The van der Waals surface area contributed by atoms with Crippen LogP contribution in [0, 0.1) is 5.82 Å². The van der Waals surface area contributed by atoms with E-state index in [4.69, 9.17) is 0 Å². The minimum absolute atomic E-state index is 0.156. The smallest absolute Gasteiger partial charge is 0.267 e. The third-order valence-corrected chi connectivity index (χ3v) is 4.50. The van der Waals surface area contributed by atoms with Crippen molar-refractivity contribution in [2.45, 2.75) is 4.90 Å². The van der Waals surface area contributed by atoms with Crippen molar-refractivity contribution in [3.8, 4) is 0 Å². The lowest BCUT2D eigenvalue weighted by molar-refractivity contribution is 0.0944. The van der Waals surface area contributed by atoms with Crippen LogP contribution >= 0.6 is 15.9 Å². The molecular formula is C13H10BrFN2O3S. The highest BCUT2D eigenvalue weighted by molar-refractivity contribution is 9.10. The molecule has 0 saturated heterocycles. The van der Waals surface area contributed by atoms with Gasteiger partial charge in [0.05, 0.1) is 10.5 Å². The Bertz CT molecular complexity index is 763. The van der Waals surface area contributed by atoms with Gasteiger partial charge in [-0.15, -0.1) is 4.83 Å². The summed E-state index contributed by atoms with van der Waals surface area (Å²) < 4.78 is 37.1. The molecule has 0 heterocycles. The van der Waals surface area contributed by atoms with E-state index < -0.39 is 21.7 Å². The lowest BCUT2D eigenvalue weighted by atomic mass is 10.2.